The zero-order valence-electron chi connectivity index (χ0n) is 19.7. The smallest absolute Gasteiger partial charge is 0.312 e. The third-order valence-corrected chi connectivity index (χ3v) is 7.79. The molecule has 2 amide bonds. The number of halogens is 1. The summed E-state index contributed by atoms with van der Waals surface area (Å²) in [7, 11) is 0. The molecule has 6 atom stereocenters. The standard InChI is InChI=1S/C26H29ClN2O6/c1-15-8-6-9-17(27)21(15)28-12-7-11-26-20(23(31)29(16(2)14-30)22(26)24(28)32)19-18(35-26)10-4-3-5-13-34-25(19)33/h4,6-11,16,18-20,22,30H,3,5,12-14H2,1-2H3/b10-4-/t16-,18-,19+,20+,22?,26+/m1/s1. The van der Waals surface area contributed by atoms with Gasteiger partial charge in [0.1, 0.15) is 17.6 Å². The van der Waals surface area contributed by atoms with Crippen LogP contribution in [0.5, 0.6) is 0 Å². The molecule has 0 aromatic heterocycles. The summed E-state index contributed by atoms with van der Waals surface area (Å²) in [5.41, 5.74) is 0.00195. The van der Waals surface area contributed by atoms with Crippen LogP contribution in [0.3, 0.4) is 0 Å². The normalized spacial score (nSPS) is 34.2. The maximum atomic E-state index is 14.3. The van der Waals surface area contributed by atoms with Gasteiger partial charge in [0.15, 0.2) is 0 Å². The Morgan fingerprint density at radius 1 is 1.23 bits per heavy atom. The molecule has 2 fully saturated rings. The first-order valence-corrected chi connectivity index (χ1v) is 12.4. The third-order valence-electron chi connectivity index (χ3n) is 7.49. The molecular formula is C26H29ClN2O6. The summed E-state index contributed by atoms with van der Waals surface area (Å²) < 4.78 is 12.0. The fourth-order valence-electron chi connectivity index (χ4n) is 5.92. The van der Waals surface area contributed by atoms with Crippen LogP contribution >= 0.6 is 11.6 Å². The number of cyclic esters (lactones) is 1. The van der Waals surface area contributed by atoms with Crippen molar-refractivity contribution >= 4 is 35.1 Å². The van der Waals surface area contributed by atoms with Crippen molar-refractivity contribution in [3.05, 3.63) is 53.1 Å². The van der Waals surface area contributed by atoms with Gasteiger partial charge in [-0.1, -0.05) is 48.0 Å². The van der Waals surface area contributed by atoms with E-state index in [0.29, 0.717) is 17.1 Å². The highest BCUT2D eigenvalue weighted by atomic mass is 35.5. The predicted molar refractivity (Wildman–Crippen MR) is 129 cm³/mol. The summed E-state index contributed by atoms with van der Waals surface area (Å²) in [6.07, 6.45) is 8.02. The van der Waals surface area contributed by atoms with E-state index in [1.54, 1.807) is 30.0 Å². The van der Waals surface area contributed by atoms with Gasteiger partial charge >= 0.3 is 5.97 Å². The second-order valence-electron chi connectivity index (χ2n) is 9.61. The van der Waals surface area contributed by atoms with Crippen LogP contribution in [0.15, 0.2) is 42.5 Å². The number of carbonyl (C=O) groups excluding carboxylic acids is 3. The van der Waals surface area contributed by atoms with Gasteiger partial charge in [0.2, 0.25) is 5.91 Å². The second kappa shape index (κ2) is 9.08. The fourth-order valence-corrected chi connectivity index (χ4v) is 6.24. The first-order valence-electron chi connectivity index (χ1n) is 12.0. The number of nitrogens with zero attached hydrogens (tertiary/aromatic N) is 2. The molecule has 186 valence electrons. The first-order chi connectivity index (χ1) is 16.8. The number of ether oxygens (including phenoxy) is 2. The van der Waals surface area contributed by atoms with Crippen molar-refractivity contribution in [2.24, 2.45) is 11.8 Å². The molecule has 0 bridgehead atoms. The molecule has 9 heteroatoms. The molecule has 5 rings (SSSR count). The Bertz CT molecular complexity index is 1100. The molecule has 4 aliphatic heterocycles. The number of esters is 1. The summed E-state index contributed by atoms with van der Waals surface area (Å²) in [5.74, 6) is -3.11. The third kappa shape index (κ3) is 3.61. The minimum atomic E-state index is -1.38. The van der Waals surface area contributed by atoms with E-state index >= 15 is 0 Å². The van der Waals surface area contributed by atoms with E-state index in [1.165, 1.54) is 4.90 Å². The number of fused-ring (bicyclic) bond motifs is 2. The monoisotopic (exact) mass is 500 g/mol. The van der Waals surface area contributed by atoms with E-state index < -0.39 is 47.5 Å². The largest absolute Gasteiger partial charge is 0.465 e. The van der Waals surface area contributed by atoms with E-state index in [4.69, 9.17) is 21.1 Å². The van der Waals surface area contributed by atoms with Gasteiger partial charge in [-0.15, -0.1) is 0 Å². The molecule has 0 radical (unpaired) electrons. The molecule has 1 aromatic carbocycles. The van der Waals surface area contributed by atoms with Gasteiger partial charge < -0.3 is 24.4 Å². The van der Waals surface area contributed by atoms with Gasteiger partial charge in [0.05, 0.1) is 42.0 Å². The van der Waals surface area contributed by atoms with Crippen molar-refractivity contribution in [3.63, 3.8) is 0 Å². The minimum Gasteiger partial charge on any atom is -0.465 e. The van der Waals surface area contributed by atoms with Gasteiger partial charge in [-0.25, -0.2) is 0 Å². The topological polar surface area (TPSA) is 96.4 Å². The van der Waals surface area contributed by atoms with Crippen LogP contribution in [0.1, 0.15) is 25.3 Å². The van der Waals surface area contributed by atoms with E-state index in [1.807, 2.05) is 31.2 Å². The quantitative estimate of drug-likeness (QED) is 0.506. The van der Waals surface area contributed by atoms with E-state index in [9.17, 15) is 19.5 Å². The van der Waals surface area contributed by atoms with E-state index in [-0.39, 0.29) is 25.7 Å². The first kappa shape index (κ1) is 24.0. The zero-order valence-corrected chi connectivity index (χ0v) is 20.5. The van der Waals surface area contributed by atoms with Crippen molar-refractivity contribution in [2.75, 3.05) is 24.7 Å². The molecule has 35 heavy (non-hydrogen) atoms. The van der Waals surface area contributed by atoms with Crippen molar-refractivity contribution in [2.45, 2.75) is 50.5 Å². The van der Waals surface area contributed by atoms with Crippen molar-refractivity contribution in [1.82, 2.24) is 4.90 Å². The molecule has 1 spiro atoms. The van der Waals surface area contributed by atoms with Crippen LogP contribution in [-0.2, 0) is 23.9 Å². The zero-order chi connectivity index (χ0) is 24.9. The number of aliphatic hydroxyl groups is 1. The maximum Gasteiger partial charge on any atom is 0.312 e. The van der Waals surface area contributed by atoms with E-state index in [2.05, 4.69) is 0 Å². The Labute approximate surface area is 209 Å². The lowest BCUT2D eigenvalue weighted by atomic mass is 9.78. The molecule has 8 nitrogen and oxygen atoms in total. The lowest BCUT2D eigenvalue weighted by molar-refractivity contribution is -0.155. The Balaban J connectivity index is 1.66. The molecule has 1 aromatic rings. The van der Waals surface area contributed by atoms with Crippen LogP contribution in [0.2, 0.25) is 5.02 Å². The summed E-state index contributed by atoms with van der Waals surface area (Å²) >= 11 is 6.52. The number of hydrogen-bond donors (Lipinski definition) is 1. The van der Waals surface area contributed by atoms with Crippen LogP contribution in [-0.4, -0.2) is 71.3 Å². The average Bonchev–Trinajstić information content (AvgIpc) is 3.25. The predicted octanol–water partition coefficient (Wildman–Crippen LogP) is 2.41. The molecule has 4 aliphatic rings. The van der Waals surface area contributed by atoms with E-state index in [0.717, 1.165) is 12.0 Å². The SMILES string of the molecule is Cc1cccc(Cl)c1N1CC=C[C@]23O[C@@H]4/C=C\CCCOC(=O)[C@@H]4[C@H]2C(=O)N([C@H](C)CO)C3C1=O. The summed E-state index contributed by atoms with van der Waals surface area (Å²) in [4.78, 5) is 44.3. The van der Waals surface area contributed by atoms with Gasteiger partial charge in [0.25, 0.3) is 5.91 Å². The highest BCUT2D eigenvalue weighted by Crippen LogP contribution is 2.54. The number of allylic oxidation sites excluding steroid dienone is 1. The number of rotatable bonds is 3. The lowest BCUT2D eigenvalue weighted by Crippen LogP contribution is -2.57. The summed E-state index contributed by atoms with van der Waals surface area (Å²) in [6, 6.07) is 3.66. The summed E-state index contributed by atoms with van der Waals surface area (Å²) in [6.45, 7) is 3.69. The Hall–Kier alpha value is -2.68. The van der Waals surface area contributed by atoms with Crippen molar-refractivity contribution < 1.29 is 29.0 Å². The Morgan fingerprint density at radius 3 is 2.77 bits per heavy atom. The highest BCUT2D eigenvalue weighted by molar-refractivity contribution is 6.34. The number of carbonyl (C=O) groups is 3. The minimum absolute atomic E-state index is 0.225. The van der Waals surface area contributed by atoms with Crippen LogP contribution in [0, 0.1) is 18.8 Å². The van der Waals surface area contributed by atoms with Gasteiger partial charge in [-0.2, -0.15) is 0 Å². The number of amides is 2. The molecule has 2 saturated heterocycles. The van der Waals surface area contributed by atoms with Gasteiger partial charge in [-0.3, -0.25) is 14.4 Å². The molecule has 1 unspecified atom stereocenters. The number of anilines is 1. The number of benzene rings is 1. The number of hydrogen-bond acceptors (Lipinski definition) is 6. The molecule has 1 N–H and O–H groups in total. The van der Waals surface area contributed by atoms with Gasteiger partial charge in [0, 0.05) is 6.54 Å². The van der Waals surface area contributed by atoms with Crippen LogP contribution in [0.4, 0.5) is 5.69 Å². The van der Waals surface area contributed by atoms with Crippen molar-refractivity contribution in [3.8, 4) is 0 Å². The summed E-state index contributed by atoms with van der Waals surface area (Å²) in [5, 5.41) is 10.4. The number of aryl methyl sites for hydroxylation is 1. The average molecular weight is 501 g/mol. The fraction of sp³-hybridized carbons (Fsp3) is 0.500. The number of aliphatic hydroxyl groups excluding tert-OH is 1. The lowest BCUT2D eigenvalue weighted by Gasteiger charge is -2.37. The Morgan fingerprint density at radius 2 is 2.03 bits per heavy atom. The second-order valence-corrected chi connectivity index (χ2v) is 10.0. The number of para-hydroxylation sites is 1. The molecule has 0 aliphatic carbocycles. The van der Waals surface area contributed by atoms with Crippen molar-refractivity contribution in [1.29, 1.82) is 0 Å². The van der Waals surface area contributed by atoms with Gasteiger partial charge in [-0.05, 0) is 38.3 Å². The Kier molecular flexibility index (Phi) is 6.23. The highest BCUT2D eigenvalue weighted by Gasteiger charge is 2.72. The van der Waals surface area contributed by atoms with Crippen LogP contribution in [0.25, 0.3) is 0 Å². The maximum absolute atomic E-state index is 14.3. The number of likely N-dealkylation sites (tertiary alicyclic amines) is 1. The van der Waals surface area contributed by atoms with Crippen LogP contribution < -0.4 is 4.90 Å². The molecule has 0 saturated carbocycles. The molecular weight excluding hydrogens is 472 g/mol. The molecule has 4 heterocycles.